The van der Waals surface area contributed by atoms with Gasteiger partial charge in [0.05, 0.1) is 19.3 Å². The van der Waals surface area contributed by atoms with Crippen molar-refractivity contribution >= 4 is 17.9 Å². The van der Waals surface area contributed by atoms with Gasteiger partial charge in [-0.15, -0.1) is 0 Å². The van der Waals surface area contributed by atoms with Crippen LogP contribution in [0.3, 0.4) is 0 Å². The van der Waals surface area contributed by atoms with E-state index in [0.717, 1.165) is 49.8 Å². The number of nitrogens with one attached hydrogen (secondary N) is 2. The molecule has 0 radical (unpaired) electrons. The largest absolute Gasteiger partial charge is 0.453 e. The van der Waals surface area contributed by atoms with Gasteiger partial charge in [-0.05, 0) is 69.6 Å². The van der Waals surface area contributed by atoms with Crippen LogP contribution in [0.4, 0.5) is 4.79 Å². The Morgan fingerprint density at radius 3 is 2.60 bits per heavy atom. The summed E-state index contributed by atoms with van der Waals surface area (Å²) in [7, 11) is 1.34. The van der Waals surface area contributed by atoms with Crippen LogP contribution in [-0.2, 0) is 20.9 Å². The van der Waals surface area contributed by atoms with Gasteiger partial charge in [0.1, 0.15) is 6.04 Å². The second-order valence-electron chi connectivity index (χ2n) is 8.27. The molecule has 1 unspecified atom stereocenters. The summed E-state index contributed by atoms with van der Waals surface area (Å²) in [5.41, 5.74) is 1.97. The van der Waals surface area contributed by atoms with Gasteiger partial charge < -0.3 is 15.4 Å². The van der Waals surface area contributed by atoms with Gasteiger partial charge >= 0.3 is 6.09 Å². The summed E-state index contributed by atoms with van der Waals surface area (Å²) in [5, 5.41) is 6.07. The maximum absolute atomic E-state index is 12.8. The minimum Gasteiger partial charge on any atom is -0.453 e. The molecular formula is C22H32N4O4. The van der Waals surface area contributed by atoms with Gasteiger partial charge in [-0.25, -0.2) is 4.79 Å². The SMILES string of the molecule is COC(=O)N1CCCCC1C(=O)NC1CCC(C(=O)NCc2cc(C)ccn2)CC1. The normalized spacial score (nSPS) is 24.1. The summed E-state index contributed by atoms with van der Waals surface area (Å²) < 4.78 is 4.82. The predicted molar refractivity (Wildman–Crippen MR) is 111 cm³/mol. The Morgan fingerprint density at radius 2 is 1.90 bits per heavy atom. The molecule has 1 aliphatic heterocycles. The number of ether oxygens (including phenoxy) is 1. The van der Waals surface area contributed by atoms with Crippen LogP contribution in [0.2, 0.25) is 0 Å². The van der Waals surface area contributed by atoms with Crippen molar-refractivity contribution in [1.29, 1.82) is 0 Å². The lowest BCUT2D eigenvalue weighted by Gasteiger charge is -2.35. The summed E-state index contributed by atoms with van der Waals surface area (Å²) in [6.45, 7) is 2.98. The molecule has 1 aromatic rings. The fraction of sp³-hybridized carbons (Fsp3) is 0.636. The van der Waals surface area contributed by atoms with Crippen molar-refractivity contribution in [3.8, 4) is 0 Å². The van der Waals surface area contributed by atoms with Crippen LogP contribution in [0.25, 0.3) is 0 Å². The maximum atomic E-state index is 12.8. The van der Waals surface area contributed by atoms with Crippen molar-refractivity contribution in [2.45, 2.75) is 70.5 Å². The Bertz CT molecular complexity index is 761. The quantitative estimate of drug-likeness (QED) is 0.767. The second-order valence-corrected chi connectivity index (χ2v) is 8.27. The minimum atomic E-state index is -0.464. The lowest BCUT2D eigenvalue weighted by Crippen LogP contribution is -2.54. The molecular weight excluding hydrogens is 384 g/mol. The molecule has 0 aromatic carbocycles. The number of nitrogens with zero attached hydrogens (tertiary/aromatic N) is 2. The van der Waals surface area contributed by atoms with E-state index in [1.54, 1.807) is 6.20 Å². The molecule has 2 fully saturated rings. The first-order valence-corrected chi connectivity index (χ1v) is 10.8. The highest BCUT2D eigenvalue weighted by Gasteiger charge is 2.34. The number of piperidine rings is 1. The molecule has 1 aromatic heterocycles. The number of hydrogen-bond acceptors (Lipinski definition) is 5. The van der Waals surface area contributed by atoms with Crippen molar-refractivity contribution in [2.24, 2.45) is 5.92 Å². The molecule has 8 heteroatoms. The van der Waals surface area contributed by atoms with E-state index in [0.29, 0.717) is 19.5 Å². The number of pyridine rings is 1. The molecule has 8 nitrogen and oxygen atoms in total. The third-order valence-electron chi connectivity index (χ3n) is 6.07. The van der Waals surface area contributed by atoms with Crippen LogP contribution < -0.4 is 10.6 Å². The third kappa shape index (κ3) is 5.70. The van der Waals surface area contributed by atoms with Crippen molar-refractivity contribution in [3.05, 3.63) is 29.6 Å². The average molecular weight is 417 g/mol. The molecule has 1 saturated carbocycles. The molecule has 164 valence electrons. The van der Waals surface area contributed by atoms with Crippen LogP contribution >= 0.6 is 0 Å². The minimum absolute atomic E-state index is 0.0378. The van der Waals surface area contributed by atoms with Crippen molar-refractivity contribution < 1.29 is 19.1 Å². The number of hydrogen-bond donors (Lipinski definition) is 2. The van der Waals surface area contributed by atoms with Gasteiger partial charge in [0.15, 0.2) is 0 Å². The van der Waals surface area contributed by atoms with Crippen molar-refractivity contribution in [1.82, 2.24) is 20.5 Å². The maximum Gasteiger partial charge on any atom is 0.410 e. The van der Waals surface area contributed by atoms with E-state index in [1.807, 2.05) is 19.1 Å². The fourth-order valence-corrected chi connectivity index (χ4v) is 4.35. The number of rotatable bonds is 5. The molecule has 2 aliphatic rings. The highest BCUT2D eigenvalue weighted by Crippen LogP contribution is 2.25. The molecule has 1 aliphatic carbocycles. The number of methoxy groups -OCH3 is 1. The number of aryl methyl sites for hydroxylation is 1. The van der Waals surface area contributed by atoms with E-state index < -0.39 is 12.1 Å². The van der Waals surface area contributed by atoms with E-state index in [2.05, 4.69) is 15.6 Å². The highest BCUT2D eigenvalue weighted by atomic mass is 16.5. The zero-order valence-corrected chi connectivity index (χ0v) is 17.9. The first-order valence-electron chi connectivity index (χ1n) is 10.8. The van der Waals surface area contributed by atoms with Gasteiger partial charge in [-0.1, -0.05) is 0 Å². The number of aromatic nitrogens is 1. The molecule has 2 heterocycles. The van der Waals surface area contributed by atoms with Gasteiger partial charge in [0.25, 0.3) is 0 Å². The highest BCUT2D eigenvalue weighted by molar-refractivity contribution is 5.86. The summed E-state index contributed by atoms with van der Waals surface area (Å²) >= 11 is 0. The monoisotopic (exact) mass is 416 g/mol. The smallest absolute Gasteiger partial charge is 0.410 e. The summed E-state index contributed by atoms with van der Waals surface area (Å²) in [4.78, 5) is 43.0. The molecule has 2 N–H and O–H groups in total. The van der Waals surface area contributed by atoms with E-state index in [4.69, 9.17) is 4.74 Å². The first-order chi connectivity index (χ1) is 14.5. The second kappa shape index (κ2) is 10.4. The molecule has 1 saturated heterocycles. The van der Waals surface area contributed by atoms with Gasteiger partial charge in [0, 0.05) is 24.7 Å². The van der Waals surface area contributed by atoms with Crippen LogP contribution in [0, 0.1) is 12.8 Å². The standard InChI is InChI=1S/C22H32N4O4/c1-15-10-11-23-18(13-15)14-24-20(27)16-6-8-17(9-7-16)25-21(28)19-5-3-4-12-26(19)22(29)30-2/h10-11,13,16-17,19H,3-9,12,14H2,1-2H3,(H,24,27)(H,25,28). The van der Waals surface area contributed by atoms with Crippen molar-refractivity contribution in [2.75, 3.05) is 13.7 Å². The molecule has 0 spiro atoms. The molecule has 30 heavy (non-hydrogen) atoms. The van der Waals surface area contributed by atoms with Gasteiger partial charge in [0.2, 0.25) is 11.8 Å². The first kappa shape index (κ1) is 22.1. The van der Waals surface area contributed by atoms with Crippen LogP contribution in [0.1, 0.15) is 56.2 Å². The Labute approximate surface area is 177 Å². The van der Waals surface area contributed by atoms with E-state index in [1.165, 1.54) is 12.0 Å². The van der Waals surface area contributed by atoms with Crippen LogP contribution in [0.5, 0.6) is 0 Å². The number of carbonyl (C=O) groups excluding carboxylic acids is 3. The summed E-state index contributed by atoms with van der Waals surface area (Å²) in [6.07, 6.45) is 6.77. The summed E-state index contributed by atoms with van der Waals surface area (Å²) in [5.74, 6) is -0.102. The average Bonchev–Trinajstić information content (AvgIpc) is 2.77. The Balaban J connectivity index is 1.44. The topological polar surface area (TPSA) is 101 Å². The number of likely N-dealkylation sites (tertiary alicyclic amines) is 1. The van der Waals surface area contributed by atoms with Gasteiger partial charge in [-0.3, -0.25) is 19.5 Å². The zero-order chi connectivity index (χ0) is 21.5. The molecule has 3 amide bonds. The lowest BCUT2D eigenvalue weighted by molar-refractivity contribution is -0.128. The number of carbonyl (C=O) groups is 3. The molecule has 3 rings (SSSR count). The Morgan fingerprint density at radius 1 is 1.13 bits per heavy atom. The summed E-state index contributed by atoms with van der Waals surface area (Å²) in [6, 6.07) is 3.48. The molecule has 1 atom stereocenters. The lowest BCUT2D eigenvalue weighted by atomic mass is 9.85. The third-order valence-corrected chi connectivity index (χ3v) is 6.07. The van der Waals surface area contributed by atoms with E-state index in [9.17, 15) is 14.4 Å². The Hall–Kier alpha value is -2.64. The van der Waals surface area contributed by atoms with E-state index in [-0.39, 0.29) is 23.8 Å². The van der Waals surface area contributed by atoms with Crippen molar-refractivity contribution in [3.63, 3.8) is 0 Å². The molecule has 0 bridgehead atoms. The predicted octanol–water partition coefficient (Wildman–Crippen LogP) is 2.30. The number of amides is 3. The van der Waals surface area contributed by atoms with Crippen LogP contribution in [-0.4, -0.2) is 53.5 Å². The fourth-order valence-electron chi connectivity index (χ4n) is 4.35. The Kier molecular flexibility index (Phi) is 7.65. The zero-order valence-electron chi connectivity index (χ0n) is 17.9. The van der Waals surface area contributed by atoms with E-state index >= 15 is 0 Å². The van der Waals surface area contributed by atoms with Crippen LogP contribution in [0.15, 0.2) is 18.3 Å². The van der Waals surface area contributed by atoms with Gasteiger partial charge in [-0.2, -0.15) is 0 Å².